The Labute approximate surface area is 195 Å². The van der Waals surface area contributed by atoms with Gasteiger partial charge in [-0.3, -0.25) is 0 Å². The molecule has 4 aromatic carbocycles. The fraction of sp³-hybridized carbons (Fsp3) is 0.133. The molecular weight excluding hydrogens is 404 g/mol. The van der Waals surface area contributed by atoms with Crippen molar-refractivity contribution in [3.8, 4) is 45.9 Å². The first-order valence-electron chi connectivity index (χ1n) is 11.1. The number of hydrogen-bond donors (Lipinski definition) is 0. The number of nitriles is 2. The molecule has 3 heteroatoms. The summed E-state index contributed by atoms with van der Waals surface area (Å²) < 4.78 is 6.03. The van der Waals surface area contributed by atoms with Gasteiger partial charge in [0.2, 0.25) is 0 Å². The van der Waals surface area contributed by atoms with Gasteiger partial charge in [0.05, 0.1) is 12.1 Å². The molecule has 0 saturated heterocycles. The van der Waals surface area contributed by atoms with E-state index >= 15 is 0 Å². The lowest BCUT2D eigenvalue weighted by Gasteiger charge is -2.09. The number of benzene rings is 4. The van der Waals surface area contributed by atoms with Gasteiger partial charge in [-0.2, -0.15) is 10.5 Å². The molecule has 0 radical (unpaired) electrons. The lowest BCUT2D eigenvalue weighted by Crippen LogP contribution is -1.87. The summed E-state index contributed by atoms with van der Waals surface area (Å²) in [7, 11) is 0. The topological polar surface area (TPSA) is 56.8 Å². The second kappa shape index (κ2) is 10.8. The third kappa shape index (κ3) is 5.88. The molecule has 0 N–H and O–H groups in total. The normalized spacial score (nSPS) is 10.2. The molecule has 0 spiro atoms. The van der Waals surface area contributed by atoms with Crippen molar-refractivity contribution in [3.05, 3.63) is 108 Å². The van der Waals surface area contributed by atoms with E-state index in [1.807, 2.05) is 24.3 Å². The van der Waals surface area contributed by atoms with Crippen LogP contribution in [0.5, 0.6) is 11.5 Å². The average molecular weight is 429 g/mol. The maximum Gasteiger partial charge on any atom is 0.127 e. The Morgan fingerprint density at radius 3 is 1.06 bits per heavy atom. The van der Waals surface area contributed by atoms with Gasteiger partial charge in [0, 0.05) is 12.8 Å². The summed E-state index contributed by atoms with van der Waals surface area (Å²) in [4.78, 5) is 0. The van der Waals surface area contributed by atoms with E-state index in [-0.39, 0.29) is 0 Å². The van der Waals surface area contributed by atoms with Crippen LogP contribution in [-0.2, 0) is 12.8 Å². The van der Waals surface area contributed by atoms with E-state index in [1.54, 1.807) is 0 Å². The van der Waals surface area contributed by atoms with Crippen LogP contribution in [0.1, 0.15) is 24.0 Å². The van der Waals surface area contributed by atoms with Crippen molar-refractivity contribution in [1.29, 1.82) is 10.5 Å². The molecule has 33 heavy (non-hydrogen) atoms. The van der Waals surface area contributed by atoms with Crippen molar-refractivity contribution in [3.63, 3.8) is 0 Å². The van der Waals surface area contributed by atoms with E-state index in [9.17, 15) is 0 Å². The molecule has 0 fully saturated rings. The van der Waals surface area contributed by atoms with Gasteiger partial charge in [-0.15, -0.1) is 0 Å². The summed E-state index contributed by atoms with van der Waals surface area (Å²) >= 11 is 0. The lowest BCUT2D eigenvalue weighted by atomic mass is 10.0. The Balaban J connectivity index is 1.38. The van der Waals surface area contributed by atoms with E-state index in [2.05, 4.69) is 84.9 Å². The zero-order chi connectivity index (χ0) is 22.9. The second-order valence-corrected chi connectivity index (χ2v) is 7.86. The van der Waals surface area contributed by atoms with Gasteiger partial charge in [-0.05, 0) is 70.5 Å². The molecule has 0 bridgehead atoms. The fourth-order valence-corrected chi connectivity index (χ4v) is 3.70. The molecule has 0 heterocycles. The molecular formula is C30H24N2O. The van der Waals surface area contributed by atoms with Gasteiger partial charge in [-0.1, -0.05) is 72.8 Å². The van der Waals surface area contributed by atoms with Gasteiger partial charge < -0.3 is 4.74 Å². The Morgan fingerprint density at radius 1 is 0.455 bits per heavy atom. The van der Waals surface area contributed by atoms with Gasteiger partial charge in [0.15, 0.2) is 0 Å². The summed E-state index contributed by atoms with van der Waals surface area (Å²) in [5.74, 6) is 1.58. The number of aryl methyl sites for hydroxylation is 2. The molecule has 0 saturated carbocycles. The van der Waals surface area contributed by atoms with Crippen LogP contribution in [-0.4, -0.2) is 0 Å². The van der Waals surface area contributed by atoms with E-state index < -0.39 is 0 Å². The van der Waals surface area contributed by atoms with E-state index in [0.717, 1.165) is 46.6 Å². The molecule has 0 aliphatic rings. The number of nitrogens with zero attached hydrogens (tertiary/aromatic N) is 2. The lowest BCUT2D eigenvalue weighted by molar-refractivity contribution is 0.483. The predicted molar refractivity (Wildman–Crippen MR) is 132 cm³/mol. The third-order valence-electron chi connectivity index (χ3n) is 5.57. The minimum Gasteiger partial charge on any atom is -0.457 e. The number of ether oxygens (including phenoxy) is 1. The van der Waals surface area contributed by atoms with E-state index in [1.165, 1.54) is 11.1 Å². The van der Waals surface area contributed by atoms with Crippen molar-refractivity contribution in [2.45, 2.75) is 25.7 Å². The van der Waals surface area contributed by atoms with Crippen LogP contribution in [0.2, 0.25) is 0 Å². The molecule has 0 aliphatic heterocycles. The van der Waals surface area contributed by atoms with E-state index in [4.69, 9.17) is 15.3 Å². The summed E-state index contributed by atoms with van der Waals surface area (Å²) in [6, 6.07) is 37.2. The van der Waals surface area contributed by atoms with Crippen LogP contribution in [0, 0.1) is 22.7 Å². The standard InChI is InChI=1S/C30H24N2O/c31-21-1-3-23-5-9-25(10-6-23)27-13-17-29(18-14-27)33-30-19-15-28(16-20-30)26-11-7-24(8-12-26)4-2-22-32/h5-20H,1-4H2. The minimum absolute atomic E-state index is 0.544. The fourth-order valence-electron chi connectivity index (χ4n) is 3.70. The van der Waals surface area contributed by atoms with Crippen molar-refractivity contribution < 1.29 is 4.74 Å². The zero-order valence-electron chi connectivity index (χ0n) is 18.4. The monoisotopic (exact) mass is 428 g/mol. The highest BCUT2D eigenvalue weighted by Crippen LogP contribution is 2.28. The minimum atomic E-state index is 0.544. The third-order valence-corrected chi connectivity index (χ3v) is 5.57. The molecule has 0 aliphatic carbocycles. The molecule has 0 unspecified atom stereocenters. The second-order valence-electron chi connectivity index (χ2n) is 7.86. The Kier molecular flexibility index (Phi) is 7.16. The maximum atomic E-state index is 8.72. The Morgan fingerprint density at radius 2 is 0.758 bits per heavy atom. The first kappa shape index (κ1) is 21.9. The predicted octanol–water partition coefficient (Wildman–Crippen LogP) is 7.73. The molecule has 4 aromatic rings. The summed E-state index contributed by atoms with van der Waals surface area (Å²) in [6.45, 7) is 0. The van der Waals surface area contributed by atoms with Crippen LogP contribution < -0.4 is 4.74 Å². The van der Waals surface area contributed by atoms with Crippen molar-refractivity contribution >= 4 is 0 Å². The molecule has 4 rings (SSSR count). The van der Waals surface area contributed by atoms with Gasteiger partial charge in [0.25, 0.3) is 0 Å². The zero-order valence-corrected chi connectivity index (χ0v) is 18.4. The smallest absolute Gasteiger partial charge is 0.127 e. The van der Waals surface area contributed by atoms with Crippen LogP contribution in [0.4, 0.5) is 0 Å². The average Bonchev–Trinajstić information content (AvgIpc) is 2.88. The number of rotatable bonds is 8. The van der Waals surface area contributed by atoms with Crippen LogP contribution >= 0.6 is 0 Å². The van der Waals surface area contributed by atoms with Gasteiger partial charge >= 0.3 is 0 Å². The van der Waals surface area contributed by atoms with Crippen LogP contribution in [0.3, 0.4) is 0 Å². The maximum absolute atomic E-state index is 8.72. The van der Waals surface area contributed by atoms with Crippen molar-refractivity contribution in [1.82, 2.24) is 0 Å². The summed E-state index contributed by atoms with van der Waals surface area (Å²) in [5.41, 5.74) is 6.90. The first-order chi connectivity index (χ1) is 16.2. The number of hydrogen-bond acceptors (Lipinski definition) is 3. The highest BCUT2D eigenvalue weighted by molar-refractivity contribution is 5.66. The summed E-state index contributed by atoms with van der Waals surface area (Å²) in [5, 5.41) is 17.4. The first-order valence-corrected chi connectivity index (χ1v) is 11.1. The largest absolute Gasteiger partial charge is 0.457 e. The molecule has 0 amide bonds. The van der Waals surface area contributed by atoms with Gasteiger partial charge in [0.1, 0.15) is 11.5 Å². The Bertz CT molecular complexity index is 1160. The van der Waals surface area contributed by atoms with Crippen molar-refractivity contribution in [2.24, 2.45) is 0 Å². The molecule has 0 atom stereocenters. The van der Waals surface area contributed by atoms with Crippen molar-refractivity contribution in [2.75, 3.05) is 0 Å². The van der Waals surface area contributed by atoms with Crippen LogP contribution in [0.15, 0.2) is 97.1 Å². The van der Waals surface area contributed by atoms with Crippen LogP contribution in [0.25, 0.3) is 22.3 Å². The quantitative estimate of drug-likeness (QED) is 0.288. The van der Waals surface area contributed by atoms with Gasteiger partial charge in [-0.25, -0.2) is 0 Å². The van der Waals surface area contributed by atoms with E-state index in [0.29, 0.717) is 12.8 Å². The molecule has 3 nitrogen and oxygen atoms in total. The highest BCUT2D eigenvalue weighted by Gasteiger charge is 2.03. The summed E-state index contributed by atoms with van der Waals surface area (Å²) in [6.07, 6.45) is 2.66. The molecule has 160 valence electrons. The Hall–Kier alpha value is -4.34. The SMILES string of the molecule is N#CCCc1ccc(-c2ccc(Oc3ccc(-c4ccc(CCC#N)cc4)cc3)cc2)cc1. The highest BCUT2D eigenvalue weighted by atomic mass is 16.5. The molecule has 0 aromatic heterocycles.